The van der Waals surface area contributed by atoms with E-state index in [1.165, 1.54) is 6.92 Å². The van der Waals surface area contributed by atoms with Crippen LogP contribution in [0, 0.1) is 33.5 Å². The van der Waals surface area contributed by atoms with Crippen LogP contribution in [0.5, 0.6) is 0 Å². The van der Waals surface area contributed by atoms with Gasteiger partial charge in [0.25, 0.3) is 0 Å². The molecule has 3 fully saturated rings. The van der Waals surface area contributed by atoms with Crippen LogP contribution in [0.2, 0.25) is 0 Å². The molecule has 0 amide bonds. The molecule has 0 heterocycles. The van der Waals surface area contributed by atoms with Gasteiger partial charge in [0.05, 0.1) is 0 Å². The quantitative estimate of drug-likeness (QED) is 0.609. The Balaban J connectivity index is 1.72. The lowest BCUT2D eigenvalue weighted by Crippen LogP contribution is -2.67. The van der Waals surface area contributed by atoms with E-state index >= 15 is 0 Å². The summed E-state index contributed by atoms with van der Waals surface area (Å²) in [5.74, 6) is 0.940. The standard InChI is InChI=1S/C25H36O4/c1-15(26)19-10-12-23(4)20-8-7-17-13-18(29-16(2)27)9-11-22(17,3)25(20,6)21(28)14-24(19,23)5/h10,17-18,20H,7-9,11-14H2,1-6H3/t17-,18+,20-,22-,23-,24+,25+/m0/s1. The van der Waals surface area contributed by atoms with Crippen LogP contribution >= 0.6 is 0 Å². The van der Waals surface area contributed by atoms with Gasteiger partial charge in [0, 0.05) is 24.2 Å². The molecule has 4 rings (SSSR count). The van der Waals surface area contributed by atoms with Crippen LogP contribution in [0.3, 0.4) is 0 Å². The molecule has 4 nitrogen and oxygen atoms in total. The molecule has 0 N–H and O–H groups in total. The molecular weight excluding hydrogens is 364 g/mol. The predicted molar refractivity (Wildman–Crippen MR) is 111 cm³/mol. The third-order valence-electron chi connectivity index (χ3n) is 10.3. The summed E-state index contributed by atoms with van der Waals surface area (Å²) in [5.41, 5.74) is 0.00911. The zero-order valence-corrected chi connectivity index (χ0v) is 18.9. The molecule has 0 aromatic rings. The summed E-state index contributed by atoms with van der Waals surface area (Å²) < 4.78 is 5.56. The third-order valence-corrected chi connectivity index (χ3v) is 10.3. The van der Waals surface area contributed by atoms with E-state index in [0.717, 1.165) is 44.1 Å². The average Bonchev–Trinajstić information content (AvgIpc) is 2.88. The first-order chi connectivity index (χ1) is 13.4. The lowest BCUT2D eigenvalue weighted by Gasteiger charge is -2.68. The molecule has 160 valence electrons. The van der Waals surface area contributed by atoms with Crippen LogP contribution in [0.15, 0.2) is 11.6 Å². The van der Waals surface area contributed by atoms with Crippen molar-refractivity contribution >= 4 is 17.5 Å². The Kier molecular flexibility index (Phi) is 4.50. The van der Waals surface area contributed by atoms with Gasteiger partial charge >= 0.3 is 5.97 Å². The molecule has 0 aliphatic heterocycles. The smallest absolute Gasteiger partial charge is 0.302 e. The second kappa shape index (κ2) is 6.28. The Bertz CT molecular complexity index is 812. The lowest BCUT2D eigenvalue weighted by molar-refractivity contribution is -0.206. The molecule has 4 aliphatic rings. The summed E-state index contributed by atoms with van der Waals surface area (Å²) in [4.78, 5) is 37.8. The van der Waals surface area contributed by atoms with Crippen molar-refractivity contribution in [3.63, 3.8) is 0 Å². The average molecular weight is 401 g/mol. The number of ether oxygens (including phenoxy) is 1. The van der Waals surface area contributed by atoms with Gasteiger partial charge in [0.15, 0.2) is 5.78 Å². The number of Topliss-reactive ketones (excluding diaryl/α,β-unsaturated/α-hetero) is 2. The van der Waals surface area contributed by atoms with E-state index in [9.17, 15) is 14.4 Å². The number of carbonyl (C=O) groups is 3. The van der Waals surface area contributed by atoms with Crippen LogP contribution < -0.4 is 0 Å². The summed E-state index contributed by atoms with van der Waals surface area (Å²) in [6.07, 6.45) is 8.21. The number of fused-ring (bicyclic) bond motifs is 5. The Morgan fingerprint density at radius 3 is 2.34 bits per heavy atom. The first kappa shape index (κ1) is 20.8. The number of rotatable bonds is 2. The molecule has 0 unspecified atom stereocenters. The summed E-state index contributed by atoms with van der Waals surface area (Å²) >= 11 is 0. The molecule has 0 spiro atoms. The van der Waals surface area contributed by atoms with E-state index in [0.29, 0.717) is 18.1 Å². The first-order valence-corrected chi connectivity index (χ1v) is 11.3. The molecule has 4 aliphatic carbocycles. The Morgan fingerprint density at radius 2 is 1.72 bits per heavy atom. The van der Waals surface area contributed by atoms with Gasteiger partial charge in [-0.05, 0) is 73.7 Å². The summed E-state index contributed by atoms with van der Waals surface area (Å²) in [7, 11) is 0. The number of hydrogen-bond donors (Lipinski definition) is 0. The molecule has 0 radical (unpaired) electrons. The molecular formula is C25H36O4. The van der Waals surface area contributed by atoms with Gasteiger partial charge in [-0.3, -0.25) is 14.4 Å². The Hall–Kier alpha value is -1.45. The second-order valence-electron chi connectivity index (χ2n) is 11.2. The molecule has 0 bridgehead atoms. The lowest BCUT2D eigenvalue weighted by atomic mass is 9.34. The van der Waals surface area contributed by atoms with Gasteiger partial charge in [0.1, 0.15) is 11.9 Å². The monoisotopic (exact) mass is 400 g/mol. The summed E-state index contributed by atoms with van der Waals surface area (Å²) in [5, 5.41) is 0. The topological polar surface area (TPSA) is 60.4 Å². The van der Waals surface area contributed by atoms with E-state index < -0.39 is 0 Å². The van der Waals surface area contributed by atoms with Crippen LogP contribution in [0.25, 0.3) is 0 Å². The van der Waals surface area contributed by atoms with Crippen molar-refractivity contribution in [1.29, 1.82) is 0 Å². The molecule has 0 saturated heterocycles. The fraction of sp³-hybridized carbons (Fsp3) is 0.800. The first-order valence-electron chi connectivity index (χ1n) is 11.3. The Labute approximate surface area is 174 Å². The fourth-order valence-corrected chi connectivity index (χ4v) is 8.28. The van der Waals surface area contributed by atoms with Crippen molar-refractivity contribution in [2.75, 3.05) is 0 Å². The van der Waals surface area contributed by atoms with E-state index in [1.807, 2.05) is 0 Å². The molecule has 7 atom stereocenters. The maximum Gasteiger partial charge on any atom is 0.302 e. The van der Waals surface area contributed by atoms with Crippen molar-refractivity contribution in [3.8, 4) is 0 Å². The number of hydrogen-bond acceptors (Lipinski definition) is 4. The minimum absolute atomic E-state index is 0.0114. The zero-order chi connectivity index (χ0) is 21.4. The number of ketones is 2. The van der Waals surface area contributed by atoms with Gasteiger partial charge in [-0.2, -0.15) is 0 Å². The highest BCUT2D eigenvalue weighted by molar-refractivity contribution is 5.98. The van der Waals surface area contributed by atoms with E-state index in [1.54, 1.807) is 6.92 Å². The fourth-order valence-electron chi connectivity index (χ4n) is 8.28. The van der Waals surface area contributed by atoms with Crippen LogP contribution in [0.4, 0.5) is 0 Å². The minimum Gasteiger partial charge on any atom is -0.463 e. The van der Waals surface area contributed by atoms with Crippen molar-refractivity contribution < 1.29 is 19.1 Å². The normalized spacial score (nSPS) is 48.8. The maximum atomic E-state index is 13.9. The highest BCUT2D eigenvalue weighted by Gasteiger charge is 2.72. The largest absolute Gasteiger partial charge is 0.463 e. The molecule has 4 heteroatoms. The van der Waals surface area contributed by atoms with E-state index in [2.05, 4.69) is 33.8 Å². The number of carbonyl (C=O) groups excluding carboxylic acids is 3. The number of allylic oxidation sites excluding steroid dienone is 2. The molecule has 0 aromatic heterocycles. The summed E-state index contributed by atoms with van der Waals surface area (Å²) in [6, 6.07) is 0. The molecule has 3 saturated carbocycles. The molecule has 29 heavy (non-hydrogen) atoms. The maximum absolute atomic E-state index is 13.9. The van der Waals surface area contributed by atoms with Crippen molar-refractivity contribution in [3.05, 3.63) is 11.6 Å². The second-order valence-corrected chi connectivity index (χ2v) is 11.2. The van der Waals surface area contributed by atoms with Gasteiger partial charge in [-0.15, -0.1) is 0 Å². The van der Waals surface area contributed by atoms with E-state index in [-0.39, 0.29) is 45.4 Å². The Morgan fingerprint density at radius 1 is 1.03 bits per heavy atom. The van der Waals surface area contributed by atoms with Crippen molar-refractivity contribution in [1.82, 2.24) is 0 Å². The predicted octanol–water partition coefficient (Wildman–Crippen LogP) is 5.05. The number of esters is 1. The van der Waals surface area contributed by atoms with E-state index in [4.69, 9.17) is 4.74 Å². The van der Waals surface area contributed by atoms with Crippen molar-refractivity contribution in [2.45, 2.75) is 92.6 Å². The zero-order valence-electron chi connectivity index (χ0n) is 18.9. The third kappa shape index (κ3) is 2.47. The van der Waals surface area contributed by atoms with Crippen LogP contribution in [-0.2, 0) is 19.1 Å². The van der Waals surface area contributed by atoms with Gasteiger partial charge in [0.2, 0.25) is 0 Å². The van der Waals surface area contributed by atoms with Crippen LogP contribution in [0.1, 0.15) is 86.5 Å². The highest BCUT2D eigenvalue weighted by Crippen LogP contribution is 2.74. The SMILES string of the molecule is CC(=O)O[C@@H]1CC[C@@]2(C)[C@@H](CC[C@H]3[C@]4(C)CC=C(C(C)=O)[C@@]4(C)CC(=O)[C@@]32C)C1. The minimum atomic E-state index is -0.383. The molecule has 0 aromatic carbocycles. The van der Waals surface area contributed by atoms with Crippen molar-refractivity contribution in [2.24, 2.45) is 33.5 Å². The van der Waals surface area contributed by atoms with Gasteiger partial charge in [-0.1, -0.05) is 33.8 Å². The van der Waals surface area contributed by atoms with Crippen LogP contribution in [-0.4, -0.2) is 23.6 Å². The van der Waals surface area contributed by atoms with Gasteiger partial charge in [-0.25, -0.2) is 0 Å². The van der Waals surface area contributed by atoms with Gasteiger partial charge < -0.3 is 4.74 Å². The summed E-state index contributed by atoms with van der Waals surface area (Å²) in [6.45, 7) is 12.2. The highest BCUT2D eigenvalue weighted by atomic mass is 16.5.